The zero-order valence-corrected chi connectivity index (χ0v) is 17.4. The largest absolute Gasteiger partial charge is 0.346 e. The second-order valence-electron chi connectivity index (χ2n) is 7.35. The van der Waals surface area contributed by atoms with Crippen LogP contribution in [0.5, 0.6) is 0 Å². The minimum atomic E-state index is -1.00. The monoisotopic (exact) mass is 441 g/mol. The van der Waals surface area contributed by atoms with Crippen molar-refractivity contribution in [2.24, 2.45) is 0 Å². The second kappa shape index (κ2) is 9.36. The summed E-state index contributed by atoms with van der Waals surface area (Å²) >= 11 is 1.57. The van der Waals surface area contributed by atoms with E-state index in [-0.39, 0.29) is 18.3 Å². The van der Waals surface area contributed by atoms with Crippen LogP contribution in [0.15, 0.2) is 59.3 Å². The standard InChI is InChI=1S/C23H21F2N3O2S/c24-18-5-6-20(19(25)11-18)27-23(30)22(29)26-12-21(17-8-10-31-14-17)28-9-7-15-3-1-2-4-16(15)13-28/h1-6,8,10-11,14,21H,7,9,12-13H2,(H,26,29)(H,27,30)/t21-/m0/s1. The number of carbonyl (C=O) groups excluding carboxylic acids is 2. The molecule has 0 aliphatic carbocycles. The average Bonchev–Trinajstić information content (AvgIpc) is 3.30. The molecule has 2 amide bonds. The lowest BCUT2D eigenvalue weighted by atomic mass is 9.97. The van der Waals surface area contributed by atoms with Gasteiger partial charge in [0.15, 0.2) is 0 Å². The molecule has 2 heterocycles. The van der Waals surface area contributed by atoms with Crippen LogP contribution in [0.25, 0.3) is 0 Å². The van der Waals surface area contributed by atoms with Gasteiger partial charge in [-0.25, -0.2) is 8.78 Å². The van der Waals surface area contributed by atoms with Crippen LogP contribution in [-0.2, 0) is 22.6 Å². The van der Waals surface area contributed by atoms with Gasteiger partial charge in [0.1, 0.15) is 11.6 Å². The number of rotatable bonds is 5. The van der Waals surface area contributed by atoms with Gasteiger partial charge in [-0.15, -0.1) is 0 Å². The number of fused-ring (bicyclic) bond motifs is 1. The van der Waals surface area contributed by atoms with Crippen LogP contribution in [0.1, 0.15) is 22.7 Å². The molecule has 1 atom stereocenters. The smallest absolute Gasteiger partial charge is 0.313 e. The highest BCUT2D eigenvalue weighted by Gasteiger charge is 2.26. The molecule has 1 aliphatic heterocycles. The number of carbonyl (C=O) groups is 2. The van der Waals surface area contributed by atoms with Crippen LogP contribution >= 0.6 is 11.3 Å². The van der Waals surface area contributed by atoms with Crippen molar-refractivity contribution < 1.29 is 18.4 Å². The third-order valence-electron chi connectivity index (χ3n) is 5.37. The summed E-state index contributed by atoms with van der Waals surface area (Å²) in [6, 6.07) is 12.9. The number of amides is 2. The quantitative estimate of drug-likeness (QED) is 0.591. The van der Waals surface area contributed by atoms with Gasteiger partial charge in [0.25, 0.3) is 0 Å². The maximum atomic E-state index is 13.7. The summed E-state index contributed by atoms with van der Waals surface area (Å²) < 4.78 is 26.8. The Bertz CT molecular complexity index is 1090. The first-order valence-corrected chi connectivity index (χ1v) is 10.8. The number of nitrogens with zero attached hydrogens (tertiary/aromatic N) is 1. The third-order valence-corrected chi connectivity index (χ3v) is 6.07. The highest BCUT2D eigenvalue weighted by Crippen LogP contribution is 2.28. The van der Waals surface area contributed by atoms with Crippen molar-refractivity contribution in [2.75, 3.05) is 18.4 Å². The molecule has 4 rings (SSSR count). The summed E-state index contributed by atoms with van der Waals surface area (Å²) in [5.74, 6) is -3.58. The Labute approximate surface area is 182 Å². The van der Waals surface area contributed by atoms with Crippen LogP contribution in [0.2, 0.25) is 0 Å². The first-order valence-electron chi connectivity index (χ1n) is 9.88. The van der Waals surface area contributed by atoms with Crippen LogP contribution < -0.4 is 10.6 Å². The molecule has 5 nitrogen and oxygen atoms in total. The molecule has 160 valence electrons. The maximum Gasteiger partial charge on any atom is 0.313 e. The van der Waals surface area contributed by atoms with Gasteiger partial charge in [-0.2, -0.15) is 11.3 Å². The van der Waals surface area contributed by atoms with Gasteiger partial charge in [0.2, 0.25) is 0 Å². The zero-order valence-electron chi connectivity index (χ0n) is 16.6. The number of benzene rings is 2. The zero-order chi connectivity index (χ0) is 21.8. The normalized spacial score (nSPS) is 14.5. The Hall–Kier alpha value is -3.10. The first-order chi connectivity index (χ1) is 15.0. The number of hydrogen-bond acceptors (Lipinski definition) is 4. The predicted molar refractivity (Wildman–Crippen MR) is 116 cm³/mol. The van der Waals surface area contributed by atoms with E-state index in [1.165, 1.54) is 11.1 Å². The van der Waals surface area contributed by atoms with Crippen molar-refractivity contribution in [3.63, 3.8) is 0 Å². The van der Waals surface area contributed by atoms with Gasteiger partial charge >= 0.3 is 11.8 Å². The Morgan fingerprint density at radius 2 is 1.87 bits per heavy atom. The summed E-state index contributed by atoms with van der Waals surface area (Å²) in [7, 11) is 0. The number of thiophene rings is 1. The molecule has 0 saturated heterocycles. The highest BCUT2D eigenvalue weighted by atomic mass is 32.1. The molecule has 2 aromatic carbocycles. The number of nitrogens with one attached hydrogen (secondary N) is 2. The molecule has 0 unspecified atom stereocenters. The molecule has 3 aromatic rings. The number of anilines is 1. The Morgan fingerprint density at radius 3 is 2.61 bits per heavy atom. The van der Waals surface area contributed by atoms with E-state index in [2.05, 4.69) is 27.7 Å². The van der Waals surface area contributed by atoms with Crippen molar-refractivity contribution in [1.82, 2.24) is 10.2 Å². The van der Waals surface area contributed by atoms with Crippen molar-refractivity contribution in [1.29, 1.82) is 0 Å². The summed E-state index contributed by atoms with van der Waals surface area (Å²) in [5, 5.41) is 8.85. The van der Waals surface area contributed by atoms with Gasteiger partial charge in [0, 0.05) is 25.7 Å². The fourth-order valence-electron chi connectivity index (χ4n) is 3.75. The van der Waals surface area contributed by atoms with Crippen molar-refractivity contribution >= 4 is 28.8 Å². The van der Waals surface area contributed by atoms with Crippen LogP contribution in [0, 0.1) is 11.6 Å². The molecule has 0 fully saturated rings. The SMILES string of the molecule is O=C(NC[C@@H](c1ccsc1)N1CCc2ccccc2C1)C(=O)Nc1ccc(F)cc1F. The maximum absolute atomic E-state index is 13.7. The van der Waals surface area contributed by atoms with E-state index < -0.39 is 23.4 Å². The van der Waals surface area contributed by atoms with E-state index in [9.17, 15) is 18.4 Å². The molecular formula is C23H21F2N3O2S. The molecular weight excluding hydrogens is 420 g/mol. The van der Waals surface area contributed by atoms with Gasteiger partial charge in [-0.1, -0.05) is 24.3 Å². The molecule has 2 N–H and O–H groups in total. The van der Waals surface area contributed by atoms with Crippen LogP contribution in [0.3, 0.4) is 0 Å². The van der Waals surface area contributed by atoms with E-state index in [4.69, 9.17) is 0 Å². The molecule has 8 heteroatoms. The molecule has 0 radical (unpaired) electrons. The lowest BCUT2D eigenvalue weighted by molar-refractivity contribution is -0.136. The van der Waals surface area contributed by atoms with E-state index in [0.29, 0.717) is 6.07 Å². The average molecular weight is 442 g/mol. The van der Waals surface area contributed by atoms with E-state index in [1.54, 1.807) is 11.3 Å². The molecule has 1 aliphatic rings. The highest BCUT2D eigenvalue weighted by molar-refractivity contribution is 7.08. The summed E-state index contributed by atoms with van der Waals surface area (Å²) in [5.41, 5.74) is 3.40. The summed E-state index contributed by atoms with van der Waals surface area (Å²) in [6.07, 6.45) is 0.912. The first kappa shape index (κ1) is 21.1. The lowest BCUT2D eigenvalue weighted by Crippen LogP contribution is -2.43. The Morgan fingerprint density at radius 1 is 1.06 bits per heavy atom. The Balaban J connectivity index is 1.42. The summed E-state index contributed by atoms with van der Waals surface area (Å²) in [6.45, 7) is 1.82. The summed E-state index contributed by atoms with van der Waals surface area (Å²) in [4.78, 5) is 26.8. The Kier molecular flexibility index (Phi) is 6.39. The van der Waals surface area contributed by atoms with Gasteiger partial charge in [0.05, 0.1) is 11.7 Å². The van der Waals surface area contributed by atoms with Crippen LogP contribution in [0.4, 0.5) is 14.5 Å². The molecule has 0 saturated carbocycles. The topological polar surface area (TPSA) is 61.4 Å². The third kappa shape index (κ3) is 4.98. The van der Waals surface area contributed by atoms with E-state index in [1.807, 2.05) is 29.0 Å². The van der Waals surface area contributed by atoms with Gasteiger partial charge in [-0.05, 0) is 52.1 Å². The minimum absolute atomic E-state index is 0.0982. The molecule has 0 spiro atoms. The van der Waals surface area contributed by atoms with Gasteiger partial charge in [-0.3, -0.25) is 14.5 Å². The number of halogens is 2. The fourth-order valence-corrected chi connectivity index (χ4v) is 4.45. The van der Waals surface area contributed by atoms with Crippen molar-refractivity contribution in [3.8, 4) is 0 Å². The van der Waals surface area contributed by atoms with Gasteiger partial charge < -0.3 is 10.6 Å². The predicted octanol–water partition coefficient (Wildman–Crippen LogP) is 3.88. The van der Waals surface area contributed by atoms with Crippen LogP contribution in [-0.4, -0.2) is 29.8 Å². The fraction of sp³-hybridized carbons (Fsp3) is 0.217. The minimum Gasteiger partial charge on any atom is -0.346 e. The molecule has 31 heavy (non-hydrogen) atoms. The molecule has 1 aromatic heterocycles. The molecule has 0 bridgehead atoms. The van der Waals surface area contributed by atoms with E-state index >= 15 is 0 Å². The number of hydrogen-bond donors (Lipinski definition) is 2. The lowest BCUT2D eigenvalue weighted by Gasteiger charge is -2.35. The van der Waals surface area contributed by atoms with Crippen molar-refractivity contribution in [2.45, 2.75) is 19.0 Å². The van der Waals surface area contributed by atoms with E-state index in [0.717, 1.165) is 37.2 Å². The van der Waals surface area contributed by atoms with Crippen molar-refractivity contribution in [3.05, 3.63) is 87.6 Å². The second-order valence-corrected chi connectivity index (χ2v) is 8.13.